The highest BCUT2D eigenvalue weighted by Crippen LogP contribution is 2.38. The Balaban J connectivity index is 1.68. The minimum absolute atomic E-state index is 0.0265. The average molecular weight is 343 g/mol. The third kappa shape index (κ3) is 3.38. The van der Waals surface area contributed by atoms with E-state index in [1.54, 1.807) is 0 Å². The van der Waals surface area contributed by atoms with E-state index < -0.39 is 0 Å². The van der Waals surface area contributed by atoms with Crippen molar-refractivity contribution >= 4 is 18.2 Å². The molecule has 3 amide bonds. The first-order chi connectivity index (χ1) is 12.1. The summed E-state index contributed by atoms with van der Waals surface area (Å²) in [4.78, 5) is 37.6. The molecule has 1 aromatic rings. The molecule has 2 fully saturated rings. The molecule has 5 heteroatoms. The molecule has 1 N–H and O–H groups in total. The maximum atomic E-state index is 13.2. The fourth-order valence-corrected chi connectivity index (χ4v) is 4.43. The largest absolute Gasteiger partial charge is 0.352 e. The van der Waals surface area contributed by atoms with Crippen molar-refractivity contribution in [1.82, 2.24) is 5.32 Å². The highest BCUT2D eigenvalue weighted by molar-refractivity contribution is 5.87. The fourth-order valence-electron chi connectivity index (χ4n) is 4.43. The van der Waals surface area contributed by atoms with Gasteiger partial charge in [0.2, 0.25) is 5.91 Å². The molecule has 1 heterocycles. The summed E-state index contributed by atoms with van der Waals surface area (Å²) in [5, 5.41) is 2.97. The van der Waals surface area contributed by atoms with E-state index in [-0.39, 0.29) is 34.2 Å². The number of amides is 3. The van der Waals surface area contributed by atoms with Gasteiger partial charge in [-0.15, -0.1) is 0 Å². The molecule has 1 unspecified atom stereocenters. The third-order valence-electron chi connectivity index (χ3n) is 6.01. The van der Waals surface area contributed by atoms with Gasteiger partial charge in [0.25, 0.3) is 0 Å². The zero-order valence-electron chi connectivity index (χ0n) is 14.8. The lowest BCUT2D eigenvalue weighted by molar-refractivity contribution is -0.782. The van der Waals surface area contributed by atoms with Gasteiger partial charge in [-0.3, -0.25) is 4.79 Å². The molecule has 2 aliphatic rings. The second-order valence-corrected chi connectivity index (χ2v) is 7.44. The Morgan fingerprint density at radius 3 is 2.48 bits per heavy atom. The molecule has 5 nitrogen and oxygen atoms in total. The van der Waals surface area contributed by atoms with Gasteiger partial charge in [-0.25, -0.2) is 9.59 Å². The van der Waals surface area contributed by atoms with Gasteiger partial charge in [0.1, 0.15) is 6.04 Å². The standard InChI is InChI=1S/C20H26N2O3/c1-15-7-6-12-22(15,14-23)20(25)18-11-5-10-17(18)19(24)21-13-16-8-3-2-4-9-16/h2-4,8-9,14-15,17-18H,5-7,10-13H2,1H3/p+1/t15-,17-,18-,22?/m1/s1. The zero-order valence-corrected chi connectivity index (χ0v) is 14.8. The maximum absolute atomic E-state index is 13.2. The number of hydrogen-bond donors (Lipinski definition) is 1. The first-order valence-electron chi connectivity index (χ1n) is 9.28. The lowest BCUT2D eigenvalue weighted by Crippen LogP contribution is -2.57. The number of nitrogens with zero attached hydrogens (tertiary/aromatic N) is 1. The van der Waals surface area contributed by atoms with E-state index in [0.717, 1.165) is 37.7 Å². The van der Waals surface area contributed by atoms with E-state index >= 15 is 0 Å². The van der Waals surface area contributed by atoms with Gasteiger partial charge in [0, 0.05) is 19.4 Å². The van der Waals surface area contributed by atoms with Gasteiger partial charge in [-0.1, -0.05) is 36.8 Å². The quantitative estimate of drug-likeness (QED) is 0.660. The van der Waals surface area contributed by atoms with E-state index in [2.05, 4.69) is 5.32 Å². The van der Waals surface area contributed by atoms with Crippen molar-refractivity contribution in [2.45, 2.75) is 51.6 Å². The highest BCUT2D eigenvalue weighted by Gasteiger charge is 2.52. The first kappa shape index (κ1) is 17.8. The van der Waals surface area contributed by atoms with Gasteiger partial charge < -0.3 is 5.32 Å². The Morgan fingerprint density at radius 1 is 1.12 bits per heavy atom. The Bertz CT molecular complexity index is 646. The second kappa shape index (κ2) is 7.48. The van der Waals surface area contributed by atoms with Crippen LogP contribution in [0.5, 0.6) is 0 Å². The van der Waals surface area contributed by atoms with Crippen LogP contribution in [-0.4, -0.2) is 35.3 Å². The van der Waals surface area contributed by atoms with Gasteiger partial charge in [0.15, 0.2) is 0 Å². The third-order valence-corrected chi connectivity index (χ3v) is 6.01. The van der Waals surface area contributed by atoms with Crippen LogP contribution in [0.4, 0.5) is 0 Å². The zero-order chi connectivity index (χ0) is 17.9. The van der Waals surface area contributed by atoms with Crippen molar-refractivity contribution in [3.8, 4) is 0 Å². The van der Waals surface area contributed by atoms with Crippen LogP contribution in [0.1, 0.15) is 44.6 Å². The second-order valence-electron chi connectivity index (χ2n) is 7.44. The van der Waals surface area contributed by atoms with E-state index in [9.17, 15) is 14.4 Å². The molecular weight excluding hydrogens is 316 g/mol. The van der Waals surface area contributed by atoms with E-state index in [1.165, 1.54) is 0 Å². The van der Waals surface area contributed by atoms with Crippen LogP contribution in [0.25, 0.3) is 0 Å². The smallest absolute Gasteiger partial charge is 0.324 e. The highest BCUT2D eigenvalue weighted by atomic mass is 16.2. The summed E-state index contributed by atoms with van der Waals surface area (Å²) in [6, 6.07) is 9.79. The number of carbonyl (C=O) groups excluding carboxylic acids is 3. The van der Waals surface area contributed by atoms with E-state index in [0.29, 0.717) is 19.5 Å². The van der Waals surface area contributed by atoms with Crippen LogP contribution in [0.2, 0.25) is 0 Å². The lowest BCUT2D eigenvalue weighted by atomic mass is 9.92. The average Bonchev–Trinajstić information content (AvgIpc) is 3.27. The molecule has 0 spiro atoms. The molecule has 0 radical (unpaired) electrons. The van der Waals surface area contributed by atoms with E-state index in [4.69, 9.17) is 0 Å². The number of hydrogen-bond acceptors (Lipinski definition) is 3. The summed E-state index contributed by atoms with van der Waals surface area (Å²) in [5.41, 5.74) is 1.04. The van der Waals surface area contributed by atoms with Crippen LogP contribution >= 0.6 is 0 Å². The minimum Gasteiger partial charge on any atom is -0.352 e. The van der Waals surface area contributed by atoms with Crippen molar-refractivity contribution in [2.24, 2.45) is 11.8 Å². The van der Waals surface area contributed by atoms with Crippen molar-refractivity contribution in [2.75, 3.05) is 6.54 Å². The Labute approximate surface area is 149 Å². The SMILES string of the molecule is C[C@@H]1CCC[N+]1(C=O)C(=O)[C@@H]1CCC[C@H]1C(=O)NCc1ccccc1. The summed E-state index contributed by atoms with van der Waals surface area (Å²) >= 11 is 0. The van der Waals surface area contributed by atoms with Crippen molar-refractivity contribution in [1.29, 1.82) is 0 Å². The van der Waals surface area contributed by atoms with Gasteiger partial charge in [0.05, 0.1) is 18.4 Å². The molecule has 1 saturated carbocycles. The molecule has 1 aliphatic heterocycles. The number of likely N-dealkylation sites (tertiary alicyclic amines) is 1. The van der Waals surface area contributed by atoms with Crippen molar-refractivity contribution < 1.29 is 18.9 Å². The van der Waals surface area contributed by atoms with E-state index in [1.807, 2.05) is 37.3 Å². The molecule has 1 saturated heterocycles. The van der Waals surface area contributed by atoms with Crippen LogP contribution in [0.15, 0.2) is 30.3 Å². The van der Waals surface area contributed by atoms with Crippen LogP contribution in [0.3, 0.4) is 0 Å². The summed E-state index contributed by atoms with van der Waals surface area (Å²) in [7, 11) is 0. The minimum atomic E-state index is -0.332. The number of quaternary nitrogens is 1. The van der Waals surface area contributed by atoms with Gasteiger partial charge >= 0.3 is 12.3 Å². The van der Waals surface area contributed by atoms with Crippen molar-refractivity contribution in [3.05, 3.63) is 35.9 Å². The van der Waals surface area contributed by atoms with Gasteiger partial charge in [-0.05, 0) is 25.3 Å². The predicted octanol–water partition coefficient (Wildman–Crippen LogP) is 2.40. The number of imide groups is 1. The molecule has 4 atom stereocenters. The molecule has 1 aliphatic carbocycles. The maximum Gasteiger partial charge on any atom is 0.324 e. The molecule has 1 aromatic carbocycles. The summed E-state index contributed by atoms with van der Waals surface area (Å²) in [6.45, 7) is 3.03. The summed E-state index contributed by atoms with van der Waals surface area (Å²) in [6.07, 6.45) is 4.91. The first-order valence-corrected chi connectivity index (χ1v) is 9.28. The topological polar surface area (TPSA) is 63.2 Å². The van der Waals surface area contributed by atoms with Gasteiger partial charge in [-0.2, -0.15) is 4.48 Å². The van der Waals surface area contributed by atoms with Crippen LogP contribution in [-0.2, 0) is 20.9 Å². The number of rotatable bonds is 5. The predicted molar refractivity (Wildman–Crippen MR) is 94.0 cm³/mol. The van der Waals surface area contributed by atoms with Crippen LogP contribution < -0.4 is 5.32 Å². The molecule has 3 rings (SSSR count). The lowest BCUT2D eigenvalue weighted by Gasteiger charge is -2.32. The summed E-state index contributed by atoms with van der Waals surface area (Å²) < 4.78 is -0.0901. The normalized spacial score (nSPS) is 31.6. The molecular formula is C20H27N2O3+. The van der Waals surface area contributed by atoms with Crippen molar-refractivity contribution in [3.63, 3.8) is 0 Å². The molecule has 25 heavy (non-hydrogen) atoms. The summed E-state index contributed by atoms with van der Waals surface area (Å²) in [5.74, 6) is -0.742. The number of carbonyl (C=O) groups is 3. The monoisotopic (exact) mass is 343 g/mol. The number of nitrogens with one attached hydrogen (secondary N) is 1. The Hall–Kier alpha value is -2.01. The Morgan fingerprint density at radius 2 is 1.84 bits per heavy atom. The number of benzene rings is 1. The van der Waals surface area contributed by atoms with Crippen LogP contribution in [0, 0.1) is 11.8 Å². The molecule has 0 bridgehead atoms. The molecule has 0 aromatic heterocycles. The molecule has 134 valence electrons. The Kier molecular flexibility index (Phi) is 5.33. The fraction of sp³-hybridized carbons (Fsp3) is 0.550.